The molecule has 1 N–H and O–H groups in total. The molecular formula is C22H22ClN3O2. The van der Waals surface area contributed by atoms with Crippen molar-refractivity contribution >= 4 is 17.5 Å². The van der Waals surface area contributed by atoms with E-state index in [0.29, 0.717) is 18.2 Å². The summed E-state index contributed by atoms with van der Waals surface area (Å²) in [6.45, 7) is 1.76. The smallest absolute Gasteiger partial charge is 0.224 e. The quantitative estimate of drug-likeness (QED) is 0.694. The van der Waals surface area contributed by atoms with E-state index in [1.807, 2.05) is 41.1 Å². The molecule has 0 saturated carbocycles. The predicted octanol–water partition coefficient (Wildman–Crippen LogP) is 3.56. The van der Waals surface area contributed by atoms with Crippen LogP contribution in [0, 0.1) is 0 Å². The van der Waals surface area contributed by atoms with Crippen LogP contribution in [-0.2, 0) is 28.9 Å². The molecule has 0 spiro atoms. The molecule has 5 nitrogen and oxygen atoms in total. The van der Waals surface area contributed by atoms with Crippen LogP contribution in [-0.4, -0.2) is 28.8 Å². The Morgan fingerprint density at radius 1 is 1.18 bits per heavy atom. The highest BCUT2D eigenvalue weighted by atomic mass is 35.5. The zero-order valence-electron chi connectivity index (χ0n) is 15.5. The summed E-state index contributed by atoms with van der Waals surface area (Å²) in [6.07, 6.45) is 2.95. The van der Waals surface area contributed by atoms with Crippen LogP contribution < -0.4 is 5.32 Å². The number of nitrogens with one attached hydrogen (secondary N) is 1. The number of hydrogen-bond acceptors (Lipinski definition) is 3. The van der Waals surface area contributed by atoms with Crippen LogP contribution in [0.1, 0.15) is 28.5 Å². The molecule has 0 aliphatic carbocycles. The molecular weight excluding hydrogens is 374 g/mol. The number of nitrogens with zero attached hydrogens (tertiary/aromatic N) is 2. The Morgan fingerprint density at radius 3 is 2.79 bits per heavy atom. The van der Waals surface area contributed by atoms with Crippen molar-refractivity contribution in [3.05, 3.63) is 88.2 Å². The molecule has 0 bridgehead atoms. The molecule has 28 heavy (non-hydrogen) atoms. The minimum atomic E-state index is -0.226. The Kier molecular flexibility index (Phi) is 5.74. The number of halogens is 1. The minimum Gasteiger partial charge on any atom is -0.370 e. The van der Waals surface area contributed by atoms with Gasteiger partial charge in [0.25, 0.3) is 0 Å². The van der Waals surface area contributed by atoms with Crippen molar-refractivity contribution in [2.45, 2.75) is 25.5 Å². The third-order valence-corrected chi connectivity index (χ3v) is 5.22. The Hall–Kier alpha value is -2.63. The fourth-order valence-electron chi connectivity index (χ4n) is 3.42. The fourth-order valence-corrected chi connectivity index (χ4v) is 3.62. The van der Waals surface area contributed by atoms with E-state index in [9.17, 15) is 4.79 Å². The van der Waals surface area contributed by atoms with Gasteiger partial charge < -0.3 is 10.1 Å². The van der Waals surface area contributed by atoms with Gasteiger partial charge in [-0.25, -0.2) is 0 Å². The van der Waals surface area contributed by atoms with Crippen LogP contribution in [0.3, 0.4) is 0 Å². The van der Waals surface area contributed by atoms with E-state index in [2.05, 4.69) is 23.6 Å². The van der Waals surface area contributed by atoms with Crippen LogP contribution >= 0.6 is 11.6 Å². The molecule has 0 saturated heterocycles. The van der Waals surface area contributed by atoms with E-state index >= 15 is 0 Å². The van der Waals surface area contributed by atoms with Crippen molar-refractivity contribution in [2.75, 3.05) is 13.2 Å². The molecule has 0 radical (unpaired) electrons. The standard InChI is InChI=1S/C22H22ClN3O2/c23-19-9-5-4-8-17(19)12-21(27)24-13-20-22-18(10-11-28-20)15-26(25-22)14-16-6-2-1-3-7-16/h1-9,15,20H,10-14H2,(H,24,27)/t20-/m0/s1. The maximum absolute atomic E-state index is 12.3. The summed E-state index contributed by atoms with van der Waals surface area (Å²) in [7, 11) is 0. The first-order valence-electron chi connectivity index (χ1n) is 9.41. The van der Waals surface area contributed by atoms with Gasteiger partial charge in [0.15, 0.2) is 0 Å². The summed E-state index contributed by atoms with van der Waals surface area (Å²) in [5.41, 5.74) is 4.12. The first kappa shape index (κ1) is 18.7. The van der Waals surface area contributed by atoms with Crippen LogP contribution in [0.15, 0.2) is 60.8 Å². The lowest BCUT2D eigenvalue weighted by Gasteiger charge is -2.22. The van der Waals surface area contributed by atoms with E-state index < -0.39 is 0 Å². The highest BCUT2D eigenvalue weighted by molar-refractivity contribution is 6.31. The molecule has 1 aliphatic heterocycles. The second kappa shape index (κ2) is 8.59. The summed E-state index contributed by atoms with van der Waals surface area (Å²) in [5.74, 6) is -0.0764. The van der Waals surface area contributed by atoms with Crippen LogP contribution in [0.5, 0.6) is 0 Å². The highest BCUT2D eigenvalue weighted by Crippen LogP contribution is 2.25. The second-order valence-electron chi connectivity index (χ2n) is 6.90. The second-order valence-corrected chi connectivity index (χ2v) is 7.31. The number of hydrogen-bond donors (Lipinski definition) is 1. The summed E-state index contributed by atoms with van der Waals surface area (Å²) >= 11 is 6.14. The maximum atomic E-state index is 12.3. The lowest BCUT2D eigenvalue weighted by Crippen LogP contribution is -2.32. The van der Waals surface area contributed by atoms with E-state index in [-0.39, 0.29) is 18.4 Å². The molecule has 4 rings (SSSR count). The average Bonchev–Trinajstić information content (AvgIpc) is 3.12. The van der Waals surface area contributed by atoms with E-state index in [1.54, 1.807) is 6.07 Å². The number of rotatable bonds is 6. The average molecular weight is 396 g/mol. The van der Waals surface area contributed by atoms with Gasteiger partial charge >= 0.3 is 0 Å². The van der Waals surface area contributed by atoms with E-state index in [0.717, 1.165) is 24.2 Å². The van der Waals surface area contributed by atoms with Gasteiger partial charge in [0.1, 0.15) is 6.10 Å². The number of aromatic nitrogens is 2. The van der Waals surface area contributed by atoms with E-state index in [4.69, 9.17) is 21.4 Å². The van der Waals surface area contributed by atoms with Crippen molar-refractivity contribution < 1.29 is 9.53 Å². The SMILES string of the molecule is O=C(Cc1ccccc1Cl)NC[C@@H]1OCCc2cn(Cc3ccccc3)nc21. The molecule has 6 heteroatoms. The fraction of sp³-hybridized carbons (Fsp3) is 0.273. The summed E-state index contributed by atoms with van der Waals surface area (Å²) < 4.78 is 7.83. The lowest BCUT2D eigenvalue weighted by molar-refractivity contribution is -0.121. The molecule has 1 atom stereocenters. The zero-order valence-corrected chi connectivity index (χ0v) is 16.2. The Balaban J connectivity index is 1.39. The predicted molar refractivity (Wildman–Crippen MR) is 108 cm³/mol. The molecule has 0 fully saturated rings. The lowest BCUT2D eigenvalue weighted by atomic mass is 10.1. The van der Waals surface area contributed by atoms with Gasteiger partial charge in [0.2, 0.25) is 5.91 Å². The van der Waals surface area contributed by atoms with Crippen LogP contribution in [0.2, 0.25) is 5.02 Å². The normalized spacial score (nSPS) is 15.8. The zero-order chi connectivity index (χ0) is 19.3. The number of ether oxygens (including phenoxy) is 1. The van der Waals surface area contributed by atoms with Crippen molar-refractivity contribution in [1.29, 1.82) is 0 Å². The topological polar surface area (TPSA) is 56.1 Å². The van der Waals surface area contributed by atoms with Gasteiger partial charge in [-0.1, -0.05) is 60.1 Å². The number of carbonyl (C=O) groups is 1. The third kappa shape index (κ3) is 4.43. The number of amides is 1. The van der Waals surface area contributed by atoms with Gasteiger partial charge in [-0.3, -0.25) is 9.48 Å². The van der Waals surface area contributed by atoms with Crippen molar-refractivity contribution in [3.8, 4) is 0 Å². The first-order valence-corrected chi connectivity index (χ1v) is 9.78. The largest absolute Gasteiger partial charge is 0.370 e. The first-order chi connectivity index (χ1) is 13.7. The van der Waals surface area contributed by atoms with Crippen molar-refractivity contribution in [2.24, 2.45) is 0 Å². The van der Waals surface area contributed by atoms with Gasteiger partial charge in [-0.15, -0.1) is 0 Å². The summed E-state index contributed by atoms with van der Waals surface area (Å²) in [4.78, 5) is 12.3. The summed E-state index contributed by atoms with van der Waals surface area (Å²) in [5, 5.41) is 8.28. The molecule has 1 amide bonds. The number of carbonyl (C=O) groups excluding carboxylic acids is 1. The Bertz CT molecular complexity index is 955. The minimum absolute atomic E-state index is 0.0764. The molecule has 2 aromatic carbocycles. The summed E-state index contributed by atoms with van der Waals surface area (Å²) in [6, 6.07) is 17.6. The number of fused-ring (bicyclic) bond motifs is 1. The van der Waals surface area contributed by atoms with Crippen LogP contribution in [0.25, 0.3) is 0 Å². The van der Waals surface area contributed by atoms with Crippen LogP contribution in [0.4, 0.5) is 0 Å². The van der Waals surface area contributed by atoms with Crippen molar-refractivity contribution in [1.82, 2.24) is 15.1 Å². The monoisotopic (exact) mass is 395 g/mol. The van der Waals surface area contributed by atoms with Gasteiger partial charge in [-0.05, 0) is 29.2 Å². The van der Waals surface area contributed by atoms with Gasteiger partial charge in [0, 0.05) is 17.8 Å². The van der Waals surface area contributed by atoms with Gasteiger partial charge in [-0.2, -0.15) is 5.10 Å². The maximum Gasteiger partial charge on any atom is 0.224 e. The molecule has 144 valence electrons. The molecule has 0 unspecified atom stereocenters. The van der Waals surface area contributed by atoms with E-state index in [1.165, 1.54) is 11.1 Å². The molecule has 1 aliphatic rings. The van der Waals surface area contributed by atoms with Crippen molar-refractivity contribution in [3.63, 3.8) is 0 Å². The Labute approximate surface area is 169 Å². The highest BCUT2D eigenvalue weighted by Gasteiger charge is 2.25. The molecule has 1 aromatic heterocycles. The number of benzene rings is 2. The molecule has 2 heterocycles. The van der Waals surface area contributed by atoms with Gasteiger partial charge in [0.05, 0.1) is 25.3 Å². The third-order valence-electron chi connectivity index (χ3n) is 4.85. The molecule has 3 aromatic rings. The Morgan fingerprint density at radius 2 is 1.96 bits per heavy atom.